The van der Waals surface area contributed by atoms with E-state index in [2.05, 4.69) is 4.90 Å². The minimum Gasteiger partial charge on any atom is -0.494 e. The lowest BCUT2D eigenvalue weighted by atomic mass is 10.1. The van der Waals surface area contributed by atoms with E-state index in [1.54, 1.807) is 6.07 Å². The lowest BCUT2D eigenvalue weighted by Gasteiger charge is -2.41. The number of carbonyl (C=O) groups excluding carboxylic acids is 1. The number of para-hydroxylation sites is 1. The molecular weight excluding hydrogens is 368 g/mol. The van der Waals surface area contributed by atoms with E-state index in [1.807, 2.05) is 72.4 Å². The Hall–Kier alpha value is -3.41. The maximum Gasteiger partial charge on any atom is 0.340 e. The predicted molar refractivity (Wildman–Crippen MR) is 111 cm³/mol. The minimum absolute atomic E-state index is 0.0900. The van der Waals surface area contributed by atoms with Crippen molar-refractivity contribution in [3.05, 3.63) is 72.6 Å². The molecule has 1 aliphatic heterocycles. The van der Waals surface area contributed by atoms with E-state index in [-0.39, 0.29) is 12.1 Å². The molecule has 6 heteroatoms. The second-order valence-corrected chi connectivity index (χ2v) is 6.80. The Morgan fingerprint density at radius 3 is 2.34 bits per heavy atom. The van der Waals surface area contributed by atoms with Gasteiger partial charge in [-0.25, -0.2) is 4.79 Å². The van der Waals surface area contributed by atoms with Crippen molar-refractivity contribution in [1.29, 1.82) is 0 Å². The molecule has 2 heterocycles. The number of methoxy groups -OCH3 is 1. The SMILES string of the molecule is CCOc1ccc(OC2CN(c3cccc(C(=O)OC)c3-n3cccc3)C2)cc1. The Morgan fingerprint density at radius 1 is 1.00 bits per heavy atom. The predicted octanol–water partition coefficient (Wildman–Crippen LogP) is 3.93. The number of rotatable bonds is 7. The van der Waals surface area contributed by atoms with Gasteiger partial charge in [0.1, 0.15) is 17.6 Å². The van der Waals surface area contributed by atoms with Gasteiger partial charge in [-0.3, -0.25) is 0 Å². The number of esters is 1. The Kier molecular flexibility index (Phi) is 5.42. The van der Waals surface area contributed by atoms with Crippen LogP contribution in [0.25, 0.3) is 5.69 Å². The van der Waals surface area contributed by atoms with Gasteiger partial charge in [0.05, 0.1) is 43.7 Å². The smallest absolute Gasteiger partial charge is 0.340 e. The fourth-order valence-electron chi connectivity index (χ4n) is 3.50. The molecule has 3 aromatic rings. The number of nitrogens with zero attached hydrogens (tertiary/aromatic N) is 2. The van der Waals surface area contributed by atoms with E-state index < -0.39 is 0 Å². The molecule has 1 saturated heterocycles. The van der Waals surface area contributed by atoms with E-state index in [1.165, 1.54) is 7.11 Å². The Morgan fingerprint density at radius 2 is 1.69 bits per heavy atom. The van der Waals surface area contributed by atoms with E-state index >= 15 is 0 Å². The second-order valence-electron chi connectivity index (χ2n) is 6.80. The number of carbonyl (C=O) groups is 1. The number of hydrogen-bond acceptors (Lipinski definition) is 5. The molecule has 1 fully saturated rings. The van der Waals surface area contributed by atoms with Crippen molar-refractivity contribution in [2.24, 2.45) is 0 Å². The average molecular weight is 392 g/mol. The van der Waals surface area contributed by atoms with Crippen LogP contribution in [-0.4, -0.2) is 43.4 Å². The van der Waals surface area contributed by atoms with E-state index in [4.69, 9.17) is 14.2 Å². The van der Waals surface area contributed by atoms with Gasteiger partial charge in [0.15, 0.2) is 0 Å². The minimum atomic E-state index is -0.349. The Balaban J connectivity index is 1.50. The highest BCUT2D eigenvalue weighted by molar-refractivity contribution is 5.96. The maximum absolute atomic E-state index is 12.3. The zero-order chi connectivity index (χ0) is 20.2. The summed E-state index contributed by atoms with van der Waals surface area (Å²) in [6.07, 6.45) is 3.95. The number of aromatic nitrogens is 1. The van der Waals surface area contributed by atoms with Gasteiger partial charge in [0.25, 0.3) is 0 Å². The number of benzene rings is 2. The molecule has 150 valence electrons. The fraction of sp³-hybridized carbons (Fsp3) is 0.261. The zero-order valence-corrected chi connectivity index (χ0v) is 16.6. The van der Waals surface area contributed by atoms with Crippen LogP contribution in [0, 0.1) is 0 Å². The van der Waals surface area contributed by atoms with E-state index in [0.29, 0.717) is 12.2 Å². The second kappa shape index (κ2) is 8.31. The highest BCUT2D eigenvalue weighted by Gasteiger charge is 2.32. The van der Waals surface area contributed by atoms with E-state index in [9.17, 15) is 4.79 Å². The van der Waals surface area contributed by atoms with Crippen LogP contribution in [0.3, 0.4) is 0 Å². The van der Waals surface area contributed by atoms with E-state index in [0.717, 1.165) is 36.0 Å². The van der Waals surface area contributed by atoms with Crippen LogP contribution in [0.4, 0.5) is 5.69 Å². The molecule has 29 heavy (non-hydrogen) atoms. The zero-order valence-electron chi connectivity index (χ0n) is 16.6. The molecule has 6 nitrogen and oxygen atoms in total. The van der Waals surface area contributed by atoms with Crippen molar-refractivity contribution in [1.82, 2.24) is 4.57 Å². The third kappa shape index (κ3) is 3.92. The molecule has 0 spiro atoms. The van der Waals surface area contributed by atoms with Gasteiger partial charge in [0.2, 0.25) is 0 Å². The van der Waals surface area contributed by atoms with Crippen molar-refractivity contribution in [3.8, 4) is 17.2 Å². The van der Waals surface area contributed by atoms with Crippen molar-refractivity contribution in [3.63, 3.8) is 0 Å². The molecule has 0 N–H and O–H groups in total. The molecule has 0 atom stereocenters. The first-order valence-corrected chi connectivity index (χ1v) is 9.68. The molecule has 0 unspecified atom stereocenters. The van der Waals surface area contributed by atoms with Crippen molar-refractivity contribution in [2.75, 3.05) is 31.7 Å². The third-order valence-electron chi connectivity index (χ3n) is 4.91. The summed E-state index contributed by atoms with van der Waals surface area (Å²) < 4.78 is 18.5. The number of ether oxygens (including phenoxy) is 3. The van der Waals surface area contributed by atoms with Gasteiger partial charge < -0.3 is 23.7 Å². The van der Waals surface area contributed by atoms with Crippen LogP contribution < -0.4 is 14.4 Å². The first kappa shape index (κ1) is 18.9. The van der Waals surface area contributed by atoms with Crippen molar-refractivity contribution < 1.29 is 19.0 Å². The summed E-state index contributed by atoms with van der Waals surface area (Å²) in [7, 11) is 1.40. The van der Waals surface area contributed by atoms with Crippen LogP contribution in [0.1, 0.15) is 17.3 Å². The molecule has 0 bridgehead atoms. The summed E-state index contributed by atoms with van der Waals surface area (Å²) in [5.41, 5.74) is 2.34. The highest BCUT2D eigenvalue weighted by Crippen LogP contribution is 2.33. The standard InChI is InChI=1S/C23H24N2O4/c1-3-28-17-9-11-18(12-10-17)29-19-15-25(16-19)21-8-6-7-20(23(26)27-2)22(21)24-13-4-5-14-24/h4-14,19H,3,15-16H2,1-2H3. The van der Waals surface area contributed by atoms with Gasteiger partial charge in [-0.15, -0.1) is 0 Å². The van der Waals surface area contributed by atoms with Gasteiger partial charge in [-0.2, -0.15) is 0 Å². The molecular formula is C23H24N2O4. The summed E-state index contributed by atoms with van der Waals surface area (Å²) in [5.74, 6) is 1.32. The molecule has 2 aromatic carbocycles. The van der Waals surface area contributed by atoms with Crippen molar-refractivity contribution in [2.45, 2.75) is 13.0 Å². The largest absolute Gasteiger partial charge is 0.494 e. The first-order chi connectivity index (χ1) is 14.2. The van der Waals surface area contributed by atoms with Crippen LogP contribution in [0.2, 0.25) is 0 Å². The lowest BCUT2D eigenvalue weighted by Crippen LogP contribution is -2.54. The highest BCUT2D eigenvalue weighted by atomic mass is 16.5. The van der Waals surface area contributed by atoms with Gasteiger partial charge in [0, 0.05) is 12.4 Å². The summed E-state index contributed by atoms with van der Waals surface area (Å²) in [6.45, 7) is 4.09. The normalized spacial score (nSPS) is 13.7. The van der Waals surface area contributed by atoms with Crippen LogP contribution in [-0.2, 0) is 4.74 Å². The van der Waals surface area contributed by atoms with Crippen LogP contribution in [0.15, 0.2) is 67.0 Å². The lowest BCUT2D eigenvalue weighted by molar-refractivity contribution is 0.0601. The molecule has 4 rings (SSSR count). The molecule has 1 aromatic heterocycles. The number of anilines is 1. The summed E-state index contributed by atoms with van der Waals surface area (Å²) in [5, 5.41) is 0. The van der Waals surface area contributed by atoms with Crippen LogP contribution >= 0.6 is 0 Å². The molecule has 0 amide bonds. The molecule has 0 saturated carbocycles. The van der Waals surface area contributed by atoms with Gasteiger partial charge >= 0.3 is 5.97 Å². The van der Waals surface area contributed by atoms with Gasteiger partial charge in [-0.1, -0.05) is 6.07 Å². The topological polar surface area (TPSA) is 52.9 Å². The van der Waals surface area contributed by atoms with Crippen LogP contribution in [0.5, 0.6) is 11.5 Å². The summed E-state index contributed by atoms with van der Waals surface area (Å²) >= 11 is 0. The molecule has 1 aliphatic rings. The average Bonchev–Trinajstić information content (AvgIpc) is 3.25. The third-order valence-corrected chi connectivity index (χ3v) is 4.91. The first-order valence-electron chi connectivity index (χ1n) is 9.68. The Labute approximate surface area is 170 Å². The summed E-state index contributed by atoms with van der Waals surface area (Å²) in [4.78, 5) is 14.5. The van der Waals surface area contributed by atoms with Gasteiger partial charge in [-0.05, 0) is 55.5 Å². The maximum atomic E-state index is 12.3. The summed E-state index contributed by atoms with van der Waals surface area (Å²) in [6, 6.07) is 17.3. The number of hydrogen-bond donors (Lipinski definition) is 0. The fourth-order valence-corrected chi connectivity index (χ4v) is 3.50. The monoisotopic (exact) mass is 392 g/mol. The molecule has 0 radical (unpaired) electrons. The quantitative estimate of drug-likeness (QED) is 0.570. The van der Waals surface area contributed by atoms with Crippen molar-refractivity contribution >= 4 is 11.7 Å². The Bertz CT molecular complexity index is 961. The molecule has 0 aliphatic carbocycles.